The van der Waals surface area contributed by atoms with Gasteiger partial charge < -0.3 is 20.5 Å². The van der Waals surface area contributed by atoms with Crippen molar-refractivity contribution in [3.8, 4) is 17.2 Å². The lowest BCUT2D eigenvalue weighted by molar-refractivity contribution is 0.342. The highest BCUT2D eigenvalue weighted by Gasteiger charge is 2.09. The van der Waals surface area contributed by atoms with E-state index in [-0.39, 0.29) is 0 Å². The average molecular weight is 372 g/mol. The summed E-state index contributed by atoms with van der Waals surface area (Å²) in [4.78, 5) is 8.68. The van der Waals surface area contributed by atoms with Crippen molar-refractivity contribution in [3.05, 3.63) is 73.1 Å². The van der Waals surface area contributed by atoms with Crippen molar-refractivity contribution in [2.75, 3.05) is 17.7 Å². The molecule has 0 unspecified atom stereocenters. The van der Waals surface area contributed by atoms with Crippen molar-refractivity contribution in [2.24, 2.45) is 0 Å². The number of nitrogens with two attached hydrogens (primary N) is 1. The number of hydrogen-bond acceptors (Lipinski definition) is 6. The molecule has 6 nitrogen and oxygen atoms in total. The Kier molecular flexibility index (Phi) is 4.93. The fourth-order valence-corrected chi connectivity index (χ4v) is 2.85. The summed E-state index contributed by atoms with van der Waals surface area (Å²) in [5.41, 5.74) is 8.30. The van der Waals surface area contributed by atoms with E-state index in [1.165, 1.54) is 6.33 Å². The number of nitrogens with zero attached hydrogens (tertiary/aromatic N) is 2. The standard InChI is InChI=1S/C22H20N4O2/c1-2-27-21-13-20-18(12-19(21)23)22(25-14-24-20)26-15-8-10-17(11-9-15)28-16-6-4-3-5-7-16/h3-14H,2,23H2,1H3,(H,24,25,26). The number of nitrogens with one attached hydrogen (secondary N) is 1. The summed E-state index contributed by atoms with van der Waals surface area (Å²) in [6.07, 6.45) is 1.52. The molecule has 0 amide bonds. The third-order valence-corrected chi connectivity index (χ3v) is 4.16. The van der Waals surface area contributed by atoms with Crippen molar-refractivity contribution in [2.45, 2.75) is 6.92 Å². The molecule has 0 aliphatic heterocycles. The summed E-state index contributed by atoms with van der Waals surface area (Å²) in [5, 5.41) is 4.14. The topological polar surface area (TPSA) is 82.3 Å². The molecule has 1 aromatic heterocycles. The van der Waals surface area contributed by atoms with Crippen LogP contribution in [-0.4, -0.2) is 16.6 Å². The van der Waals surface area contributed by atoms with Crippen LogP contribution in [0, 0.1) is 0 Å². The number of aromatic nitrogens is 2. The van der Waals surface area contributed by atoms with Gasteiger partial charge in [-0.2, -0.15) is 0 Å². The predicted octanol–water partition coefficient (Wildman–Crippen LogP) is 5.15. The Hall–Kier alpha value is -3.80. The van der Waals surface area contributed by atoms with E-state index < -0.39 is 0 Å². The van der Waals surface area contributed by atoms with Gasteiger partial charge in [0, 0.05) is 17.1 Å². The molecule has 4 aromatic rings. The third-order valence-electron chi connectivity index (χ3n) is 4.16. The molecule has 28 heavy (non-hydrogen) atoms. The maximum Gasteiger partial charge on any atom is 0.144 e. The Morgan fingerprint density at radius 3 is 2.43 bits per heavy atom. The van der Waals surface area contributed by atoms with Gasteiger partial charge in [0.15, 0.2) is 0 Å². The molecule has 0 atom stereocenters. The summed E-state index contributed by atoms with van der Waals surface area (Å²) in [6.45, 7) is 2.46. The van der Waals surface area contributed by atoms with Crippen LogP contribution in [-0.2, 0) is 0 Å². The van der Waals surface area contributed by atoms with Crippen molar-refractivity contribution < 1.29 is 9.47 Å². The second-order valence-corrected chi connectivity index (χ2v) is 6.13. The molecule has 0 bridgehead atoms. The minimum absolute atomic E-state index is 0.545. The van der Waals surface area contributed by atoms with Gasteiger partial charge in [0.1, 0.15) is 29.4 Å². The first-order chi connectivity index (χ1) is 13.7. The number of ether oxygens (including phenoxy) is 2. The number of rotatable bonds is 6. The van der Waals surface area contributed by atoms with Crippen LogP contribution in [0.1, 0.15) is 6.92 Å². The van der Waals surface area contributed by atoms with Crippen LogP contribution < -0.4 is 20.5 Å². The zero-order chi connectivity index (χ0) is 19.3. The van der Waals surface area contributed by atoms with Crippen LogP contribution in [0.25, 0.3) is 10.9 Å². The van der Waals surface area contributed by atoms with E-state index in [1.54, 1.807) is 0 Å². The Bertz CT molecular complexity index is 1080. The Balaban J connectivity index is 1.57. The van der Waals surface area contributed by atoms with E-state index >= 15 is 0 Å². The minimum atomic E-state index is 0.545. The van der Waals surface area contributed by atoms with E-state index in [9.17, 15) is 0 Å². The first-order valence-electron chi connectivity index (χ1n) is 9.00. The Labute approximate surface area is 163 Å². The molecule has 0 saturated heterocycles. The van der Waals surface area contributed by atoms with Gasteiger partial charge in [-0.25, -0.2) is 9.97 Å². The summed E-state index contributed by atoms with van der Waals surface area (Å²) in [6, 6.07) is 21.0. The van der Waals surface area contributed by atoms with E-state index in [2.05, 4.69) is 15.3 Å². The normalized spacial score (nSPS) is 10.6. The number of fused-ring (bicyclic) bond motifs is 1. The Morgan fingerprint density at radius 1 is 0.929 bits per heavy atom. The molecule has 0 saturated carbocycles. The van der Waals surface area contributed by atoms with Gasteiger partial charge in [0.2, 0.25) is 0 Å². The van der Waals surface area contributed by atoms with Crippen molar-refractivity contribution in [1.29, 1.82) is 0 Å². The fourth-order valence-electron chi connectivity index (χ4n) is 2.85. The van der Waals surface area contributed by atoms with Crippen molar-refractivity contribution in [1.82, 2.24) is 9.97 Å². The third kappa shape index (κ3) is 3.81. The maximum atomic E-state index is 6.10. The lowest BCUT2D eigenvalue weighted by Gasteiger charge is -2.12. The number of para-hydroxylation sites is 1. The monoisotopic (exact) mass is 372 g/mol. The maximum absolute atomic E-state index is 6.10. The number of anilines is 3. The zero-order valence-corrected chi connectivity index (χ0v) is 15.4. The second-order valence-electron chi connectivity index (χ2n) is 6.13. The van der Waals surface area contributed by atoms with Crippen LogP contribution in [0.4, 0.5) is 17.2 Å². The van der Waals surface area contributed by atoms with E-state index in [0.717, 1.165) is 28.1 Å². The number of benzene rings is 3. The molecule has 3 aromatic carbocycles. The van der Waals surface area contributed by atoms with E-state index in [0.29, 0.717) is 23.9 Å². The van der Waals surface area contributed by atoms with Gasteiger partial charge in [-0.1, -0.05) is 18.2 Å². The molecule has 0 radical (unpaired) electrons. The van der Waals surface area contributed by atoms with Crippen LogP contribution in [0.15, 0.2) is 73.1 Å². The molecule has 1 heterocycles. The molecule has 140 valence electrons. The summed E-state index contributed by atoms with van der Waals surface area (Å²) in [7, 11) is 0. The van der Waals surface area contributed by atoms with Crippen molar-refractivity contribution in [3.63, 3.8) is 0 Å². The largest absolute Gasteiger partial charge is 0.492 e. The summed E-state index contributed by atoms with van der Waals surface area (Å²) < 4.78 is 11.4. The zero-order valence-electron chi connectivity index (χ0n) is 15.4. The molecular formula is C22H20N4O2. The summed E-state index contributed by atoms with van der Waals surface area (Å²) in [5.74, 6) is 2.86. The quantitative estimate of drug-likeness (QED) is 0.456. The molecule has 0 aliphatic carbocycles. The predicted molar refractivity (Wildman–Crippen MR) is 111 cm³/mol. The van der Waals surface area contributed by atoms with Gasteiger partial charge in [-0.15, -0.1) is 0 Å². The first-order valence-corrected chi connectivity index (χ1v) is 9.00. The lowest BCUT2D eigenvalue weighted by atomic mass is 10.2. The van der Waals surface area contributed by atoms with E-state index in [4.69, 9.17) is 15.2 Å². The lowest BCUT2D eigenvalue weighted by Crippen LogP contribution is -2.00. The number of nitrogen functional groups attached to an aromatic ring is 1. The highest BCUT2D eigenvalue weighted by molar-refractivity contribution is 5.94. The molecule has 6 heteroatoms. The van der Waals surface area contributed by atoms with Crippen LogP contribution in [0.3, 0.4) is 0 Å². The van der Waals surface area contributed by atoms with Gasteiger partial charge >= 0.3 is 0 Å². The van der Waals surface area contributed by atoms with Crippen LogP contribution in [0.5, 0.6) is 17.2 Å². The fraction of sp³-hybridized carbons (Fsp3) is 0.0909. The first kappa shape index (κ1) is 17.6. The Morgan fingerprint density at radius 2 is 1.68 bits per heavy atom. The second kappa shape index (κ2) is 7.84. The van der Waals surface area contributed by atoms with Crippen molar-refractivity contribution >= 4 is 28.1 Å². The highest BCUT2D eigenvalue weighted by Crippen LogP contribution is 2.32. The number of hydrogen-bond donors (Lipinski definition) is 2. The highest BCUT2D eigenvalue weighted by atomic mass is 16.5. The van der Waals surface area contributed by atoms with Gasteiger partial charge in [-0.05, 0) is 49.4 Å². The SMILES string of the molecule is CCOc1cc2ncnc(Nc3ccc(Oc4ccccc4)cc3)c2cc1N. The molecule has 3 N–H and O–H groups in total. The van der Waals surface area contributed by atoms with Crippen LogP contribution >= 0.6 is 0 Å². The molecular weight excluding hydrogens is 352 g/mol. The van der Waals surface area contributed by atoms with Crippen LogP contribution in [0.2, 0.25) is 0 Å². The van der Waals surface area contributed by atoms with Gasteiger partial charge in [0.05, 0.1) is 17.8 Å². The minimum Gasteiger partial charge on any atom is -0.492 e. The van der Waals surface area contributed by atoms with Gasteiger partial charge in [0.25, 0.3) is 0 Å². The van der Waals surface area contributed by atoms with Gasteiger partial charge in [-0.3, -0.25) is 0 Å². The molecule has 4 rings (SSSR count). The molecule has 0 spiro atoms. The molecule has 0 aliphatic rings. The van der Waals surface area contributed by atoms with E-state index in [1.807, 2.05) is 73.7 Å². The molecule has 0 fully saturated rings. The summed E-state index contributed by atoms with van der Waals surface area (Å²) >= 11 is 0. The average Bonchev–Trinajstić information content (AvgIpc) is 2.72. The smallest absolute Gasteiger partial charge is 0.144 e.